The fraction of sp³-hybridized carbons (Fsp3) is 0.833. The van der Waals surface area contributed by atoms with Gasteiger partial charge < -0.3 is 15.9 Å². The van der Waals surface area contributed by atoms with Crippen molar-refractivity contribution in [3.05, 3.63) is 0 Å². The van der Waals surface area contributed by atoms with Crippen LogP contribution < -0.4 is 11.1 Å². The zero-order valence-electron chi connectivity index (χ0n) is 6.54. The van der Waals surface area contributed by atoms with Crippen molar-refractivity contribution in [2.75, 3.05) is 26.7 Å². The van der Waals surface area contributed by atoms with Crippen molar-refractivity contribution in [2.45, 2.75) is 0 Å². The summed E-state index contributed by atoms with van der Waals surface area (Å²) in [5.41, 5.74) is 6.51. The maximum atomic E-state index is 5.48. The molecule has 66 valence electrons. The second-order valence-corrected chi connectivity index (χ2v) is 2.33. The van der Waals surface area contributed by atoms with Crippen LogP contribution in [-0.2, 0) is 4.84 Å². The van der Waals surface area contributed by atoms with Crippen LogP contribution in [0.15, 0.2) is 5.16 Å². The van der Waals surface area contributed by atoms with E-state index in [0.717, 1.165) is 18.8 Å². The quantitative estimate of drug-likeness (QED) is 0.567. The Kier molecular flexibility index (Phi) is 5.19. The van der Waals surface area contributed by atoms with Crippen LogP contribution in [-0.4, -0.2) is 32.5 Å². The molecule has 1 atom stereocenters. The molecule has 0 aromatic carbocycles. The van der Waals surface area contributed by atoms with E-state index in [0.29, 0.717) is 12.5 Å². The van der Waals surface area contributed by atoms with E-state index in [2.05, 4.69) is 15.3 Å². The van der Waals surface area contributed by atoms with Gasteiger partial charge in [-0.3, -0.25) is 0 Å². The Morgan fingerprint density at radius 3 is 3.09 bits per heavy atom. The molecule has 0 amide bonds. The molecule has 1 aliphatic heterocycles. The molecule has 0 aromatic rings. The molecule has 1 fully saturated rings. The van der Waals surface area contributed by atoms with Crippen molar-refractivity contribution in [3.8, 4) is 0 Å². The van der Waals surface area contributed by atoms with E-state index in [1.807, 2.05) is 0 Å². The summed E-state index contributed by atoms with van der Waals surface area (Å²) in [5.74, 6) is 0.375. The minimum atomic E-state index is 0. The summed E-state index contributed by atoms with van der Waals surface area (Å²) in [6.07, 6.45) is 0. The van der Waals surface area contributed by atoms with Gasteiger partial charge in [-0.25, -0.2) is 0 Å². The largest absolute Gasteiger partial charge is 0.399 e. The highest BCUT2D eigenvalue weighted by atomic mass is 35.5. The first-order valence-electron chi connectivity index (χ1n) is 3.39. The summed E-state index contributed by atoms with van der Waals surface area (Å²) in [6.45, 7) is 2.39. The molecule has 1 saturated heterocycles. The standard InChI is InChI=1S/C6H13N3O.ClH/c1-10-9-6-4-8-3-5(6)2-7;/h5,8H,2-4,7H2,1H3;1H/b9-6+;. The first kappa shape index (κ1) is 10.7. The lowest BCUT2D eigenvalue weighted by molar-refractivity contribution is 0.211. The third-order valence-electron chi connectivity index (χ3n) is 1.66. The van der Waals surface area contributed by atoms with Crippen LogP contribution in [0.1, 0.15) is 0 Å². The summed E-state index contributed by atoms with van der Waals surface area (Å²) in [4.78, 5) is 4.65. The van der Waals surface area contributed by atoms with Crippen molar-refractivity contribution in [1.82, 2.24) is 5.32 Å². The monoisotopic (exact) mass is 179 g/mol. The van der Waals surface area contributed by atoms with E-state index < -0.39 is 0 Å². The third-order valence-corrected chi connectivity index (χ3v) is 1.66. The summed E-state index contributed by atoms with van der Waals surface area (Å²) in [5, 5.41) is 7.02. The van der Waals surface area contributed by atoms with Crippen LogP contribution in [0.5, 0.6) is 0 Å². The van der Waals surface area contributed by atoms with E-state index >= 15 is 0 Å². The maximum Gasteiger partial charge on any atom is 0.106 e. The van der Waals surface area contributed by atoms with Gasteiger partial charge >= 0.3 is 0 Å². The molecule has 11 heavy (non-hydrogen) atoms. The molecule has 0 bridgehead atoms. The van der Waals surface area contributed by atoms with Gasteiger partial charge in [-0.1, -0.05) is 5.16 Å². The summed E-state index contributed by atoms with van der Waals surface area (Å²) < 4.78 is 0. The lowest BCUT2D eigenvalue weighted by atomic mass is 10.1. The van der Waals surface area contributed by atoms with E-state index in [1.165, 1.54) is 0 Å². The highest BCUT2D eigenvalue weighted by molar-refractivity contribution is 5.90. The van der Waals surface area contributed by atoms with Crippen LogP contribution in [0.3, 0.4) is 0 Å². The zero-order valence-corrected chi connectivity index (χ0v) is 7.36. The van der Waals surface area contributed by atoms with Gasteiger partial charge in [-0.05, 0) is 0 Å². The smallest absolute Gasteiger partial charge is 0.106 e. The molecule has 4 nitrogen and oxygen atoms in total. The van der Waals surface area contributed by atoms with Crippen LogP contribution in [0.4, 0.5) is 0 Å². The van der Waals surface area contributed by atoms with Gasteiger partial charge in [-0.2, -0.15) is 0 Å². The fourth-order valence-electron chi connectivity index (χ4n) is 1.08. The summed E-state index contributed by atoms with van der Waals surface area (Å²) in [6, 6.07) is 0. The summed E-state index contributed by atoms with van der Waals surface area (Å²) in [7, 11) is 1.55. The van der Waals surface area contributed by atoms with Gasteiger partial charge in [-0.15, -0.1) is 12.4 Å². The number of nitrogens with two attached hydrogens (primary N) is 1. The molecule has 3 N–H and O–H groups in total. The molecule has 0 saturated carbocycles. The predicted molar refractivity (Wildman–Crippen MR) is 47.1 cm³/mol. The van der Waals surface area contributed by atoms with Crippen LogP contribution >= 0.6 is 12.4 Å². The Hall–Kier alpha value is -0.320. The first-order valence-corrected chi connectivity index (χ1v) is 3.39. The molecule has 1 aliphatic rings. The average Bonchev–Trinajstić information content (AvgIpc) is 2.36. The highest BCUT2D eigenvalue weighted by Crippen LogP contribution is 2.02. The van der Waals surface area contributed by atoms with Gasteiger partial charge in [0.15, 0.2) is 0 Å². The summed E-state index contributed by atoms with van der Waals surface area (Å²) >= 11 is 0. The molecule has 0 aromatic heterocycles. The Labute approximate surface area is 72.6 Å². The average molecular weight is 180 g/mol. The molecular weight excluding hydrogens is 166 g/mol. The Morgan fingerprint density at radius 1 is 1.82 bits per heavy atom. The number of rotatable bonds is 2. The van der Waals surface area contributed by atoms with Crippen LogP contribution in [0.25, 0.3) is 0 Å². The second kappa shape index (κ2) is 5.35. The Morgan fingerprint density at radius 2 is 2.55 bits per heavy atom. The van der Waals surface area contributed by atoms with E-state index in [4.69, 9.17) is 5.73 Å². The van der Waals surface area contributed by atoms with Crippen molar-refractivity contribution in [1.29, 1.82) is 0 Å². The number of oxime groups is 1. The van der Waals surface area contributed by atoms with E-state index in [9.17, 15) is 0 Å². The van der Waals surface area contributed by atoms with E-state index in [-0.39, 0.29) is 12.4 Å². The normalized spacial score (nSPS) is 26.7. The number of nitrogens with one attached hydrogen (secondary N) is 1. The minimum absolute atomic E-state index is 0. The lowest BCUT2D eigenvalue weighted by Crippen LogP contribution is -2.22. The SMILES string of the molecule is CO/N=C1\CNCC1CN.Cl. The van der Waals surface area contributed by atoms with Crippen molar-refractivity contribution < 1.29 is 4.84 Å². The first-order chi connectivity index (χ1) is 4.88. The molecule has 1 unspecified atom stereocenters. The maximum absolute atomic E-state index is 5.48. The second-order valence-electron chi connectivity index (χ2n) is 2.33. The van der Waals surface area contributed by atoms with E-state index in [1.54, 1.807) is 7.11 Å². The number of nitrogens with zero attached hydrogens (tertiary/aromatic N) is 1. The van der Waals surface area contributed by atoms with Gasteiger partial charge in [0.1, 0.15) is 7.11 Å². The fourth-order valence-corrected chi connectivity index (χ4v) is 1.08. The molecule has 1 rings (SSSR count). The molecule has 5 heteroatoms. The van der Waals surface area contributed by atoms with Gasteiger partial charge in [0.05, 0.1) is 5.71 Å². The highest BCUT2D eigenvalue weighted by Gasteiger charge is 2.20. The zero-order chi connectivity index (χ0) is 7.40. The Bertz CT molecular complexity index is 140. The van der Waals surface area contributed by atoms with Crippen molar-refractivity contribution >= 4 is 18.1 Å². The lowest BCUT2D eigenvalue weighted by Gasteiger charge is -2.03. The molecule has 0 spiro atoms. The third kappa shape index (κ3) is 2.65. The van der Waals surface area contributed by atoms with Gasteiger partial charge in [0, 0.05) is 25.6 Å². The van der Waals surface area contributed by atoms with Crippen molar-refractivity contribution in [3.63, 3.8) is 0 Å². The van der Waals surface area contributed by atoms with Gasteiger partial charge in [0.25, 0.3) is 0 Å². The molecule has 0 radical (unpaired) electrons. The molecule has 0 aliphatic carbocycles. The predicted octanol–water partition coefficient (Wildman–Crippen LogP) is -0.411. The van der Waals surface area contributed by atoms with Gasteiger partial charge in [0.2, 0.25) is 0 Å². The molecule has 1 heterocycles. The van der Waals surface area contributed by atoms with Crippen molar-refractivity contribution in [2.24, 2.45) is 16.8 Å². The molecular formula is C6H14ClN3O. The van der Waals surface area contributed by atoms with Crippen LogP contribution in [0.2, 0.25) is 0 Å². The number of hydrogen-bond acceptors (Lipinski definition) is 4. The van der Waals surface area contributed by atoms with Crippen LogP contribution in [0, 0.1) is 5.92 Å². The Balaban J connectivity index is 0.000001000. The minimum Gasteiger partial charge on any atom is -0.399 e. The topological polar surface area (TPSA) is 59.6 Å². The number of halogens is 1. The number of hydrogen-bond donors (Lipinski definition) is 2.